The number of rotatable bonds is 13. The van der Waals surface area contributed by atoms with Gasteiger partial charge in [-0.25, -0.2) is 13.4 Å². The van der Waals surface area contributed by atoms with Gasteiger partial charge in [-0.15, -0.1) is 0 Å². The number of aromatic nitrogens is 1. The molecule has 0 spiro atoms. The fraction of sp³-hybridized carbons (Fsp3) is 0.440. The molecule has 0 saturated heterocycles. The summed E-state index contributed by atoms with van der Waals surface area (Å²) < 4.78 is 49.6. The Morgan fingerprint density at radius 2 is 1.92 bits per heavy atom. The number of amides is 1. The second-order valence-corrected chi connectivity index (χ2v) is 13.8. The fourth-order valence-corrected chi connectivity index (χ4v) is 6.63. The number of fused-ring (bicyclic) bond motifs is 1. The maximum atomic E-state index is 12.8. The van der Waals surface area contributed by atoms with Crippen LogP contribution in [-0.4, -0.2) is 56.6 Å². The highest BCUT2D eigenvalue weighted by Gasteiger charge is 2.24. The van der Waals surface area contributed by atoms with Crippen LogP contribution >= 0.6 is 30.0 Å². The maximum absolute atomic E-state index is 12.8. The number of nitrogens with one attached hydrogen (secondary N) is 1. The molecule has 1 atom stereocenters. The summed E-state index contributed by atoms with van der Waals surface area (Å²) in [4.78, 5) is 17.4. The third-order valence-electron chi connectivity index (χ3n) is 5.92. The van der Waals surface area contributed by atoms with E-state index in [4.69, 9.17) is 8.94 Å². The first-order chi connectivity index (χ1) is 17.6. The van der Waals surface area contributed by atoms with Crippen LogP contribution in [0.2, 0.25) is 0 Å². The third kappa shape index (κ3) is 7.86. The Hall–Kier alpha value is -1.79. The zero-order valence-electron chi connectivity index (χ0n) is 21.5. The van der Waals surface area contributed by atoms with Crippen LogP contribution in [0.25, 0.3) is 22.4 Å². The van der Waals surface area contributed by atoms with E-state index in [2.05, 4.69) is 32.9 Å². The normalized spacial score (nSPS) is 13.4. The second kappa shape index (κ2) is 13.3. The molecule has 3 rings (SSSR count). The van der Waals surface area contributed by atoms with Crippen LogP contribution in [0.4, 0.5) is 0 Å². The minimum absolute atomic E-state index is 0.0913. The number of aryl methyl sites for hydroxylation is 1. The molecule has 37 heavy (non-hydrogen) atoms. The molecule has 1 aromatic carbocycles. The molecule has 0 fully saturated rings. The first kappa shape index (κ1) is 29.8. The Balaban J connectivity index is 1.82. The average Bonchev–Trinajstić information content (AvgIpc) is 3.20. The Bertz CT molecular complexity index is 1360. The molecule has 1 unspecified atom stereocenters. The molecular formula is C25H33IN3O6PS. The van der Waals surface area contributed by atoms with Gasteiger partial charge in [-0.3, -0.25) is 9.36 Å². The van der Waals surface area contributed by atoms with Crippen LogP contribution in [0.1, 0.15) is 47.8 Å². The molecule has 0 radical (unpaired) electrons. The first-order valence-electron chi connectivity index (χ1n) is 12.1. The van der Waals surface area contributed by atoms with Gasteiger partial charge < -0.3 is 14.3 Å². The molecule has 9 nitrogen and oxygen atoms in total. The van der Waals surface area contributed by atoms with E-state index in [1.54, 1.807) is 13.7 Å². The van der Waals surface area contributed by atoms with E-state index >= 15 is 0 Å². The summed E-state index contributed by atoms with van der Waals surface area (Å²) in [5.74, 6) is 0.131. The van der Waals surface area contributed by atoms with Crippen LogP contribution in [0.5, 0.6) is 0 Å². The predicted octanol–water partition coefficient (Wildman–Crippen LogP) is 5.21. The van der Waals surface area contributed by atoms with E-state index in [-0.39, 0.29) is 18.2 Å². The number of hydrogen-bond acceptors (Lipinski definition) is 7. The molecule has 0 bridgehead atoms. The Morgan fingerprint density at radius 1 is 1.22 bits per heavy atom. The molecule has 12 heteroatoms. The largest absolute Gasteiger partial charge is 0.437 e. The number of furan rings is 1. The summed E-state index contributed by atoms with van der Waals surface area (Å²) >= 11 is 2.11. The van der Waals surface area contributed by atoms with Crippen LogP contribution in [0.3, 0.4) is 0 Å². The molecule has 1 N–H and O–H groups in total. The predicted molar refractivity (Wildman–Crippen MR) is 155 cm³/mol. The SMILES string of the molecule is CCOP(C)(=O)CCCCCN(Cc1nc2oc(-c3ccc(C)cc3)c(C(=O)NC)c2cc1I)[SH](=O)=O. The highest BCUT2D eigenvalue weighted by molar-refractivity contribution is 14.1. The van der Waals surface area contributed by atoms with Crippen molar-refractivity contribution in [1.29, 1.82) is 0 Å². The van der Waals surface area contributed by atoms with Crippen LogP contribution in [0, 0.1) is 10.5 Å². The molecule has 0 saturated carbocycles. The zero-order chi connectivity index (χ0) is 27.2. The van der Waals surface area contributed by atoms with E-state index in [1.807, 2.05) is 44.2 Å². The summed E-state index contributed by atoms with van der Waals surface area (Å²) in [6, 6.07) is 9.48. The smallest absolute Gasteiger partial charge is 0.255 e. The topological polar surface area (TPSA) is 119 Å². The molecule has 3 aromatic rings. The minimum Gasteiger partial charge on any atom is -0.437 e. The molecular weight excluding hydrogens is 628 g/mol. The van der Waals surface area contributed by atoms with Crippen molar-refractivity contribution in [2.45, 2.75) is 39.7 Å². The summed E-state index contributed by atoms with van der Waals surface area (Å²) in [7, 11) is -3.85. The lowest BCUT2D eigenvalue weighted by molar-refractivity contribution is 0.0964. The van der Waals surface area contributed by atoms with Gasteiger partial charge in [0.1, 0.15) is 5.76 Å². The van der Waals surface area contributed by atoms with Crippen molar-refractivity contribution in [2.24, 2.45) is 0 Å². The van der Waals surface area contributed by atoms with E-state index in [9.17, 15) is 17.8 Å². The van der Waals surface area contributed by atoms with Crippen molar-refractivity contribution in [3.05, 3.63) is 50.7 Å². The molecule has 202 valence electrons. The standard InChI is InChI=1S/C25H33IN3O6PS/c1-5-34-36(4,31)14-8-6-7-13-29(37(32)33)16-21-20(26)15-19-22(24(30)27-3)23(35-25(19)28-21)18-11-9-17(2)10-12-18/h9-12,15,37H,5-8,13-14,16H2,1-4H3,(H,27,30). The maximum Gasteiger partial charge on any atom is 0.255 e. The Labute approximate surface area is 233 Å². The molecule has 0 aliphatic heterocycles. The van der Waals surface area contributed by atoms with Gasteiger partial charge in [-0.2, -0.15) is 4.31 Å². The molecule has 0 aliphatic carbocycles. The van der Waals surface area contributed by atoms with Crippen molar-refractivity contribution < 1.29 is 26.7 Å². The molecule has 1 amide bonds. The van der Waals surface area contributed by atoms with Crippen molar-refractivity contribution in [3.8, 4) is 11.3 Å². The molecule has 2 aromatic heterocycles. The number of carbonyl (C=O) groups excluding carboxylic acids is 1. The van der Waals surface area contributed by atoms with E-state index in [1.165, 1.54) is 4.31 Å². The summed E-state index contributed by atoms with van der Waals surface area (Å²) in [5, 5.41) is 3.24. The van der Waals surface area contributed by atoms with Crippen LogP contribution < -0.4 is 5.32 Å². The van der Waals surface area contributed by atoms with E-state index in [0.717, 1.165) is 21.1 Å². The minimum atomic E-state index is -2.83. The van der Waals surface area contributed by atoms with Gasteiger partial charge in [0.05, 0.1) is 29.8 Å². The van der Waals surface area contributed by atoms with Gasteiger partial charge in [0.15, 0.2) is 7.37 Å². The van der Waals surface area contributed by atoms with Crippen LogP contribution in [-0.2, 0) is 26.5 Å². The van der Waals surface area contributed by atoms with Crippen LogP contribution in [0.15, 0.2) is 34.7 Å². The Morgan fingerprint density at radius 3 is 2.54 bits per heavy atom. The number of benzene rings is 1. The van der Waals surface area contributed by atoms with Gasteiger partial charge in [0.2, 0.25) is 16.6 Å². The summed E-state index contributed by atoms with van der Waals surface area (Å²) in [6.07, 6.45) is 2.56. The number of halogens is 1. The van der Waals surface area contributed by atoms with Crippen molar-refractivity contribution in [2.75, 3.05) is 33.0 Å². The lowest BCUT2D eigenvalue weighted by Crippen LogP contribution is -2.24. The van der Waals surface area contributed by atoms with Crippen molar-refractivity contribution in [3.63, 3.8) is 0 Å². The van der Waals surface area contributed by atoms with E-state index in [0.29, 0.717) is 54.6 Å². The summed E-state index contributed by atoms with van der Waals surface area (Å²) in [5.41, 5.74) is 3.06. The number of carbonyl (C=O) groups is 1. The number of pyridine rings is 1. The molecule has 2 heterocycles. The van der Waals surface area contributed by atoms with Gasteiger partial charge in [0.25, 0.3) is 5.91 Å². The lowest BCUT2D eigenvalue weighted by atomic mass is 10.0. The second-order valence-electron chi connectivity index (χ2n) is 8.86. The van der Waals surface area contributed by atoms with E-state index < -0.39 is 18.3 Å². The summed E-state index contributed by atoms with van der Waals surface area (Å²) in [6.45, 7) is 6.27. The van der Waals surface area contributed by atoms with Gasteiger partial charge in [-0.1, -0.05) is 36.2 Å². The monoisotopic (exact) mass is 661 g/mol. The average molecular weight is 661 g/mol. The number of hydrogen-bond donors (Lipinski definition) is 2. The lowest BCUT2D eigenvalue weighted by Gasteiger charge is -2.16. The van der Waals surface area contributed by atoms with Gasteiger partial charge in [-0.05, 0) is 55.3 Å². The highest BCUT2D eigenvalue weighted by Crippen LogP contribution is 2.43. The highest BCUT2D eigenvalue weighted by atomic mass is 127. The van der Waals surface area contributed by atoms with Crippen molar-refractivity contribution in [1.82, 2.24) is 14.6 Å². The number of unbranched alkanes of at least 4 members (excludes halogenated alkanes) is 2. The molecule has 0 aliphatic rings. The van der Waals surface area contributed by atoms with Gasteiger partial charge in [0, 0.05) is 35.6 Å². The third-order valence-corrected chi connectivity index (χ3v) is 9.59. The van der Waals surface area contributed by atoms with Crippen molar-refractivity contribution >= 4 is 57.9 Å². The number of thiol groups is 1. The zero-order valence-corrected chi connectivity index (χ0v) is 25.4. The fourth-order valence-electron chi connectivity index (χ4n) is 4.00. The Kier molecular flexibility index (Phi) is 10.7. The number of nitrogens with zero attached hydrogens (tertiary/aromatic N) is 2. The quantitative estimate of drug-likeness (QED) is 0.112. The van der Waals surface area contributed by atoms with Gasteiger partial charge >= 0.3 is 0 Å². The first-order valence-corrected chi connectivity index (χ1v) is 16.5.